The number of rotatable bonds is 16. The fourth-order valence-electron chi connectivity index (χ4n) is 4.73. The molecular formula is C33H42ClN3O5S. The Hall–Kier alpha value is -3.56. The molecule has 3 rings (SSSR count). The van der Waals surface area contributed by atoms with Crippen LogP contribution in [0, 0.1) is 0 Å². The van der Waals surface area contributed by atoms with E-state index in [0.29, 0.717) is 29.5 Å². The molecule has 232 valence electrons. The number of nitrogens with one attached hydrogen (secondary N) is 1. The summed E-state index contributed by atoms with van der Waals surface area (Å²) < 4.78 is 32.6. The lowest BCUT2D eigenvalue weighted by Crippen LogP contribution is -2.52. The molecule has 0 aliphatic carbocycles. The van der Waals surface area contributed by atoms with Gasteiger partial charge in [0, 0.05) is 37.0 Å². The van der Waals surface area contributed by atoms with Crippen molar-refractivity contribution < 1.29 is 22.7 Å². The van der Waals surface area contributed by atoms with Crippen LogP contribution in [0.2, 0.25) is 5.02 Å². The van der Waals surface area contributed by atoms with Gasteiger partial charge in [-0.05, 0) is 56.0 Å². The maximum Gasteiger partial charge on any atom is 0.243 e. The van der Waals surface area contributed by atoms with Gasteiger partial charge in [-0.25, -0.2) is 8.42 Å². The molecule has 3 aromatic rings. The molecule has 0 fully saturated rings. The van der Waals surface area contributed by atoms with Crippen molar-refractivity contribution in [2.75, 3.05) is 23.7 Å². The van der Waals surface area contributed by atoms with Crippen LogP contribution >= 0.6 is 11.6 Å². The molecule has 1 N–H and O–H groups in total. The molecule has 2 atom stereocenters. The van der Waals surface area contributed by atoms with Crippen molar-refractivity contribution in [3.8, 4) is 5.75 Å². The molecule has 3 aromatic carbocycles. The van der Waals surface area contributed by atoms with Crippen molar-refractivity contribution in [1.29, 1.82) is 0 Å². The number of nitrogens with zero attached hydrogens (tertiary/aromatic N) is 2. The highest BCUT2D eigenvalue weighted by atomic mass is 35.5. The van der Waals surface area contributed by atoms with Gasteiger partial charge in [-0.2, -0.15) is 0 Å². The Morgan fingerprint density at radius 3 is 2.26 bits per heavy atom. The van der Waals surface area contributed by atoms with Gasteiger partial charge in [-0.15, -0.1) is 0 Å². The van der Waals surface area contributed by atoms with Crippen molar-refractivity contribution in [3.63, 3.8) is 0 Å². The lowest BCUT2D eigenvalue weighted by Gasteiger charge is -2.33. The first kappa shape index (κ1) is 33.9. The molecule has 0 aliphatic rings. The van der Waals surface area contributed by atoms with E-state index >= 15 is 0 Å². The van der Waals surface area contributed by atoms with Crippen molar-refractivity contribution in [2.24, 2.45) is 0 Å². The number of para-hydroxylation sites is 2. The van der Waals surface area contributed by atoms with E-state index in [9.17, 15) is 18.0 Å². The van der Waals surface area contributed by atoms with E-state index in [1.807, 2.05) is 69.3 Å². The highest BCUT2D eigenvalue weighted by molar-refractivity contribution is 7.92. The molecule has 0 heterocycles. The lowest BCUT2D eigenvalue weighted by atomic mass is 10.0. The summed E-state index contributed by atoms with van der Waals surface area (Å²) >= 11 is 6.50. The van der Waals surface area contributed by atoms with Gasteiger partial charge in [-0.1, -0.05) is 79.2 Å². The van der Waals surface area contributed by atoms with Crippen molar-refractivity contribution in [2.45, 2.75) is 65.1 Å². The Kier molecular flexibility index (Phi) is 12.9. The zero-order valence-electron chi connectivity index (χ0n) is 25.3. The molecule has 0 spiro atoms. The Labute approximate surface area is 261 Å². The van der Waals surface area contributed by atoms with Gasteiger partial charge in [0.15, 0.2) is 0 Å². The number of sulfonamides is 1. The monoisotopic (exact) mass is 627 g/mol. The van der Waals surface area contributed by atoms with Crippen LogP contribution in [0.1, 0.15) is 51.2 Å². The van der Waals surface area contributed by atoms with Crippen LogP contribution in [0.25, 0.3) is 0 Å². The summed E-state index contributed by atoms with van der Waals surface area (Å²) in [5.74, 6) is -0.0690. The molecular weight excluding hydrogens is 586 g/mol. The minimum absolute atomic E-state index is 0.0230. The summed E-state index contributed by atoms with van der Waals surface area (Å²) in [6.45, 7) is 6.32. The van der Waals surface area contributed by atoms with Crippen LogP contribution in [-0.2, 0) is 32.6 Å². The third kappa shape index (κ3) is 10.0. The van der Waals surface area contributed by atoms with E-state index in [1.54, 1.807) is 35.2 Å². The molecule has 0 aromatic heterocycles. The second kappa shape index (κ2) is 16.3. The Morgan fingerprint density at radius 1 is 0.953 bits per heavy atom. The zero-order chi connectivity index (χ0) is 31.4. The van der Waals surface area contributed by atoms with E-state index in [4.69, 9.17) is 16.3 Å². The Bertz CT molecular complexity index is 1450. The number of halogens is 1. The van der Waals surface area contributed by atoms with Gasteiger partial charge >= 0.3 is 0 Å². The van der Waals surface area contributed by atoms with E-state index < -0.39 is 16.1 Å². The fraction of sp³-hybridized carbons (Fsp3) is 0.394. The molecule has 0 saturated heterocycles. The van der Waals surface area contributed by atoms with Gasteiger partial charge in [0.2, 0.25) is 21.8 Å². The number of hydrogen-bond donors (Lipinski definition) is 1. The smallest absolute Gasteiger partial charge is 0.243 e. The normalized spacial score (nSPS) is 12.7. The number of amides is 2. The van der Waals surface area contributed by atoms with Crippen molar-refractivity contribution in [1.82, 2.24) is 10.2 Å². The number of anilines is 1. The molecule has 10 heteroatoms. The van der Waals surface area contributed by atoms with Crippen LogP contribution in [-0.4, -0.2) is 56.6 Å². The summed E-state index contributed by atoms with van der Waals surface area (Å²) in [7, 11) is -3.67. The molecule has 0 aliphatic heterocycles. The molecule has 0 radical (unpaired) electrons. The number of carbonyl (C=O) groups is 2. The van der Waals surface area contributed by atoms with Crippen LogP contribution in [0.4, 0.5) is 5.69 Å². The average Bonchev–Trinajstić information content (AvgIpc) is 2.98. The van der Waals surface area contributed by atoms with Crippen LogP contribution in [0.15, 0.2) is 78.9 Å². The molecule has 0 bridgehead atoms. The largest absolute Gasteiger partial charge is 0.492 e. The van der Waals surface area contributed by atoms with Gasteiger partial charge in [0.05, 0.1) is 18.6 Å². The standard InChI is InChI=1S/C33H42ClN3O5S/c1-5-25(3)35-33(39)30(23-26-15-8-7-9-16-26)36(24-27-17-10-11-18-28(27)34)32(38)21-14-22-37(43(4,40)41)29-19-12-13-20-31(29)42-6-2/h7-13,15-20,25,30H,5-6,14,21-24H2,1-4H3,(H,35,39). The number of ether oxygens (including phenoxy) is 1. The molecule has 0 saturated carbocycles. The van der Waals surface area contributed by atoms with Crippen molar-refractivity contribution in [3.05, 3.63) is 95.0 Å². The van der Waals surface area contributed by atoms with Gasteiger partial charge in [0.25, 0.3) is 0 Å². The number of benzene rings is 3. The van der Waals surface area contributed by atoms with Crippen LogP contribution in [0.5, 0.6) is 5.75 Å². The minimum atomic E-state index is -3.67. The second-order valence-electron chi connectivity index (χ2n) is 10.5. The molecule has 2 unspecified atom stereocenters. The fourth-order valence-corrected chi connectivity index (χ4v) is 5.89. The summed E-state index contributed by atoms with van der Waals surface area (Å²) in [5.41, 5.74) is 2.05. The zero-order valence-corrected chi connectivity index (χ0v) is 26.9. The highest BCUT2D eigenvalue weighted by Crippen LogP contribution is 2.30. The third-order valence-corrected chi connectivity index (χ3v) is 8.71. The van der Waals surface area contributed by atoms with Gasteiger partial charge < -0.3 is 15.0 Å². The Balaban J connectivity index is 1.91. The predicted octanol–water partition coefficient (Wildman–Crippen LogP) is 5.84. The maximum absolute atomic E-state index is 14.0. The minimum Gasteiger partial charge on any atom is -0.492 e. The molecule has 8 nitrogen and oxygen atoms in total. The van der Waals surface area contributed by atoms with Crippen molar-refractivity contribution >= 4 is 39.1 Å². The predicted molar refractivity (Wildman–Crippen MR) is 173 cm³/mol. The first-order chi connectivity index (χ1) is 20.5. The Morgan fingerprint density at radius 2 is 1.60 bits per heavy atom. The van der Waals surface area contributed by atoms with Gasteiger partial charge in [0.1, 0.15) is 11.8 Å². The quantitative estimate of drug-likeness (QED) is 0.215. The first-order valence-corrected chi connectivity index (χ1v) is 16.8. The summed E-state index contributed by atoms with van der Waals surface area (Å²) in [5, 5.41) is 3.55. The number of carbonyl (C=O) groups excluding carboxylic acids is 2. The lowest BCUT2D eigenvalue weighted by molar-refractivity contribution is -0.141. The maximum atomic E-state index is 14.0. The summed E-state index contributed by atoms with van der Waals surface area (Å²) in [6, 6.07) is 22.9. The summed E-state index contributed by atoms with van der Waals surface area (Å²) in [6.07, 6.45) is 2.45. The topological polar surface area (TPSA) is 96.0 Å². The van der Waals surface area contributed by atoms with Crippen LogP contribution < -0.4 is 14.4 Å². The molecule has 43 heavy (non-hydrogen) atoms. The average molecular weight is 628 g/mol. The van der Waals surface area contributed by atoms with E-state index in [0.717, 1.165) is 23.8 Å². The van der Waals surface area contributed by atoms with E-state index in [1.165, 1.54) is 4.31 Å². The summed E-state index contributed by atoms with van der Waals surface area (Å²) in [4.78, 5) is 29.3. The van der Waals surface area contributed by atoms with E-state index in [2.05, 4.69) is 5.32 Å². The van der Waals surface area contributed by atoms with Crippen LogP contribution in [0.3, 0.4) is 0 Å². The highest BCUT2D eigenvalue weighted by Gasteiger charge is 2.31. The van der Waals surface area contributed by atoms with Gasteiger partial charge in [-0.3, -0.25) is 13.9 Å². The van der Waals surface area contributed by atoms with E-state index in [-0.39, 0.29) is 43.8 Å². The second-order valence-corrected chi connectivity index (χ2v) is 12.8. The SMILES string of the molecule is CCOc1ccccc1N(CCCC(=O)N(Cc1ccccc1Cl)C(Cc1ccccc1)C(=O)NC(C)CC)S(C)(=O)=O. The number of hydrogen-bond acceptors (Lipinski definition) is 5. The molecule has 2 amide bonds. The first-order valence-electron chi connectivity index (χ1n) is 14.6. The third-order valence-electron chi connectivity index (χ3n) is 7.16.